The number of hydrogen-bond donors (Lipinski definition) is 0. The van der Waals surface area contributed by atoms with Crippen molar-refractivity contribution < 1.29 is 14.3 Å². The van der Waals surface area contributed by atoms with Crippen molar-refractivity contribution in [2.75, 3.05) is 7.11 Å². The van der Waals surface area contributed by atoms with Crippen LogP contribution in [0.5, 0.6) is 0 Å². The molecule has 0 radical (unpaired) electrons. The number of rotatable bonds is 1. The topological polar surface area (TPSA) is 47.9 Å². The average Bonchev–Trinajstić information content (AvgIpc) is 2.28. The number of carbonyl (C=O) groups is 1. The summed E-state index contributed by atoms with van der Waals surface area (Å²) in [6.07, 6.45) is -0.192. The summed E-state index contributed by atoms with van der Waals surface area (Å²) in [5.41, 5.74) is 0. The lowest BCUT2D eigenvalue weighted by Gasteiger charge is -2.09. The molecule has 0 saturated carbocycles. The van der Waals surface area contributed by atoms with Gasteiger partial charge in [0.2, 0.25) is 0 Å². The van der Waals surface area contributed by atoms with E-state index in [9.17, 15) is 4.79 Å². The molecule has 2 atom stereocenters. The summed E-state index contributed by atoms with van der Waals surface area (Å²) < 4.78 is 9.67. The fraction of sp³-hybridized carbons (Fsp3) is 0.714. The molecule has 11 heavy (non-hydrogen) atoms. The van der Waals surface area contributed by atoms with E-state index in [-0.39, 0.29) is 12.1 Å². The minimum Gasteiger partial charge on any atom is -0.475 e. The second kappa shape index (κ2) is 2.90. The standard InChI is InChI=1S/C7H11NO3/c1-4-6(7(9)10-3)8-5(2)11-4/h4,6H,1-3H3. The molecule has 0 aromatic rings. The molecule has 1 rings (SSSR count). The van der Waals surface area contributed by atoms with Crippen LogP contribution in [0.4, 0.5) is 0 Å². The van der Waals surface area contributed by atoms with Crippen LogP contribution in [-0.4, -0.2) is 31.1 Å². The summed E-state index contributed by atoms with van der Waals surface area (Å²) in [5.74, 6) is 0.210. The fourth-order valence-electron chi connectivity index (χ4n) is 1.03. The highest BCUT2D eigenvalue weighted by atomic mass is 16.5. The molecule has 0 aromatic carbocycles. The van der Waals surface area contributed by atoms with Crippen LogP contribution >= 0.6 is 0 Å². The Kier molecular flexibility index (Phi) is 2.12. The van der Waals surface area contributed by atoms with Crippen molar-refractivity contribution in [3.63, 3.8) is 0 Å². The SMILES string of the molecule is COC(=O)C1N=C(C)OC1C. The van der Waals surface area contributed by atoms with Crippen molar-refractivity contribution in [1.29, 1.82) is 0 Å². The molecule has 0 saturated heterocycles. The van der Waals surface area contributed by atoms with Gasteiger partial charge < -0.3 is 9.47 Å². The molecule has 4 heteroatoms. The van der Waals surface area contributed by atoms with Crippen LogP contribution in [0.1, 0.15) is 13.8 Å². The third kappa shape index (κ3) is 1.50. The monoisotopic (exact) mass is 157 g/mol. The molecule has 0 spiro atoms. The molecule has 1 aliphatic rings. The van der Waals surface area contributed by atoms with Gasteiger partial charge in [0.05, 0.1) is 7.11 Å². The minimum absolute atomic E-state index is 0.192. The van der Waals surface area contributed by atoms with Gasteiger partial charge in [-0.25, -0.2) is 9.79 Å². The van der Waals surface area contributed by atoms with Crippen molar-refractivity contribution >= 4 is 11.9 Å². The molecule has 1 heterocycles. The van der Waals surface area contributed by atoms with E-state index in [1.54, 1.807) is 13.8 Å². The van der Waals surface area contributed by atoms with Gasteiger partial charge in [-0.15, -0.1) is 0 Å². The molecule has 2 unspecified atom stereocenters. The van der Waals surface area contributed by atoms with Crippen LogP contribution < -0.4 is 0 Å². The quantitative estimate of drug-likeness (QED) is 0.516. The summed E-state index contributed by atoms with van der Waals surface area (Å²) in [6.45, 7) is 3.51. The molecule has 0 fully saturated rings. The molecule has 0 aliphatic carbocycles. The van der Waals surface area contributed by atoms with Crippen molar-refractivity contribution in [1.82, 2.24) is 0 Å². The molecule has 1 aliphatic heterocycles. The Morgan fingerprint density at radius 2 is 2.36 bits per heavy atom. The van der Waals surface area contributed by atoms with E-state index < -0.39 is 6.04 Å². The zero-order valence-corrected chi connectivity index (χ0v) is 6.83. The molecule has 0 N–H and O–H groups in total. The second-order valence-corrected chi connectivity index (χ2v) is 2.44. The number of nitrogens with zero attached hydrogens (tertiary/aromatic N) is 1. The fourth-order valence-corrected chi connectivity index (χ4v) is 1.03. The van der Waals surface area contributed by atoms with Gasteiger partial charge in [-0.1, -0.05) is 0 Å². The smallest absolute Gasteiger partial charge is 0.334 e. The second-order valence-electron chi connectivity index (χ2n) is 2.44. The van der Waals surface area contributed by atoms with E-state index in [2.05, 4.69) is 9.73 Å². The summed E-state index contributed by atoms with van der Waals surface area (Å²) in [4.78, 5) is 14.9. The Morgan fingerprint density at radius 1 is 1.73 bits per heavy atom. The van der Waals surface area contributed by atoms with Crippen molar-refractivity contribution in [2.24, 2.45) is 4.99 Å². The maximum atomic E-state index is 11.0. The number of methoxy groups -OCH3 is 1. The Bertz CT molecular complexity index is 200. The van der Waals surface area contributed by atoms with Gasteiger partial charge in [-0.05, 0) is 6.92 Å². The van der Waals surface area contributed by atoms with Crippen LogP contribution in [0.2, 0.25) is 0 Å². The molecule has 62 valence electrons. The largest absolute Gasteiger partial charge is 0.475 e. The van der Waals surface area contributed by atoms with Gasteiger partial charge in [0.1, 0.15) is 6.10 Å². The van der Waals surface area contributed by atoms with Crippen LogP contribution in [0.3, 0.4) is 0 Å². The first-order chi connectivity index (χ1) is 5.15. The van der Waals surface area contributed by atoms with E-state index in [0.29, 0.717) is 5.90 Å². The number of aliphatic imine (C=N–C) groups is 1. The van der Waals surface area contributed by atoms with Gasteiger partial charge in [0, 0.05) is 6.92 Å². The summed E-state index contributed by atoms with van der Waals surface area (Å²) in [5, 5.41) is 0. The summed E-state index contributed by atoms with van der Waals surface area (Å²) in [7, 11) is 1.35. The van der Waals surface area contributed by atoms with E-state index in [4.69, 9.17) is 4.74 Å². The number of esters is 1. The van der Waals surface area contributed by atoms with Crippen LogP contribution in [-0.2, 0) is 14.3 Å². The maximum Gasteiger partial charge on any atom is 0.334 e. The van der Waals surface area contributed by atoms with E-state index in [1.807, 2.05) is 0 Å². The minimum atomic E-state index is -0.472. The van der Waals surface area contributed by atoms with E-state index in [0.717, 1.165) is 0 Å². The van der Waals surface area contributed by atoms with Gasteiger partial charge in [-0.3, -0.25) is 0 Å². The normalized spacial score (nSPS) is 29.2. The Morgan fingerprint density at radius 3 is 2.73 bits per heavy atom. The summed E-state index contributed by atoms with van der Waals surface area (Å²) >= 11 is 0. The van der Waals surface area contributed by atoms with Gasteiger partial charge in [0.25, 0.3) is 0 Å². The lowest BCUT2D eigenvalue weighted by atomic mass is 10.2. The zero-order chi connectivity index (χ0) is 8.43. The number of carbonyl (C=O) groups excluding carboxylic acids is 1. The first-order valence-corrected chi connectivity index (χ1v) is 3.44. The lowest BCUT2D eigenvalue weighted by Crippen LogP contribution is -2.28. The van der Waals surface area contributed by atoms with Crippen LogP contribution in [0, 0.1) is 0 Å². The van der Waals surface area contributed by atoms with Gasteiger partial charge in [-0.2, -0.15) is 0 Å². The highest BCUT2D eigenvalue weighted by Gasteiger charge is 2.32. The third-order valence-electron chi connectivity index (χ3n) is 1.56. The molecular weight excluding hydrogens is 146 g/mol. The van der Waals surface area contributed by atoms with Crippen molar-refractivity contribution in [3.8, 4) is 0 Å². The highest BCUT2D eigenvalue weighted by molar-refractivity contribution is 5.84. The van der Waals surface area contributed by atoms with Crippen LogP contribution in [0.15, 0.2) is 4.99 Å². The molecule has 0 amide bonds. The maximum absolute atomic E-state index is 11.0. The molecule has 4 nitrogen and oxygen atoms in total. The predicted octanol–water partition coefficient (Wildman–Crippen LogP) is 0.365. The molecular formula is C7H11NO3. The van der Waals surface area contributed by atoms with E-state index >= 15 is 0 Å². The Labute approximate surface area is 65.2 Å². The lowest BCUT2D eigenvalue weighted by molar-refractivity contribution is -0.143. The Hall–Kier alpha value is -1.06. The molecule has 0 aromatic heterocycles. The number of ether oxygens (including phenoxy) is 2. The van der Waals surface area contributed by atoms with Crippen molar-refractivity contribution in [3.05, 3.63) is 0 Å². The predicted molar refractivity (Wildman–Crippen MR) is 39.5 cm³/mol. The number of hydrogen-bond acceptors (Lipinski definition) is 4. The first-order valence-electron chi connectivity index (χ1n) is 3.44. The van der Waals surface area contributed by atoms with Gasteiger partial charge in [0.15, 0.2) is 11.9 Å². The zero-order valence-electron chi connectivity index (χ0n) is 6.83. The van der Waals surface area contributed by atoms with Crippen LogP contribution in [0.25, 0.3) is 0 Å². The third-order valence-corrected chi connectivity index (χ3v) is 1.56. The van der Waals surface area contributed by atoms with E-state index in [1.165, 1.54) is 7.11 Å². The van der Waals surface area contributed by atoms with Gasteiger partial charge >= 0.3 is 5.97 Å². The Balaban J connectivity index is 2.65. The van der Waals surface area contributed by atoms with Crippen molar-refractivity contribution in [2.45, 2.75) is 26.0 Å². The highest BCUT2D eigenvalue weighted by Crippen LogP contribution is 2.13. The first kappa shape index (κ1) is 8.04. The summed E-state index contributed by atoms with van der Waals surface area (Å²) in [6, 6.07) is -0.472. The molecule has 0 bridgehead atoms. The average molecular weight is 157 g/mol.